The number of rotatable bonds is 5. The number of halogens is 1. The predicted molar refractivity (Wildman–Crippen MR) is 86.3 cm³/mol. The summed E-state index contributed by atoms with van der Waals surface area (Å²) in [5, 5.41) is 3.19. The van der Waals surface area contributed by atoms with Crippen LogP contribution in [0.4, 0.5) is 5.69 Å². The van der Waals surface area contributed by atoms with Gasteiger partial charge in [0, 0.05) is 29.1 Å². The molecule has 0 fully saturated rings. The largest absolute Gasteiger partial charge is 0.398 e. The predicted octanol–water partition coefficient (Wildman–Crippen LogP) is 2.52. The second-order valence-electron chi connectivity index (χ2n) is 4.62. The van der Waals surface area contributed by atoms with Gasteiger partial charge in [-0.1, -0.05) is 11.6 Å². The first kappa shape index (κ1) is 16.2. The lowest BCUT2D eigenvalue weighted by Crippen LogP contribution is -2.27. The Kier molecular flexibility index (Phi) is 4.88. The highest BCUT2D eigenvalue weighted by molar-refractivity contribution is 7.89. The summed E-state index contributed by atoms with van der Waals surface area (Å²) < 4.78 is 27.2. The number of thiazole rings is 1. The van der Waals surface area contributed by atoms with E-state index in [9.17, 15) is 8.42 Å². The first-order valence-electron chi connectivity index (χ1n) is 6.26. The van der Waals surface area contributed by atoms with Crippen molar-refractivity contribution in [2.45, 2.75) is 25.2 Å². The normalized spacial score (nSPS) is 11.8. The molecule has 1 aromatic carbocycles. The van der Waals surface area contributed by atoms with Crippen molar-refractivity contribution < 1.29 is 8.42 Å². The Morgan fingerprint density at radius 1 is 1.38 bits per heavy atom. The second-order valence-corrected chi connectivity index (χ2v) is 7.86. The van der Waals surface area contributed by atoms with Crippen LogP contribution in [0.5, 0.6) is 0 Å². The van der Waals surface area contributed by atoms with Crippen LogP contribution in [-0.4, -0.2) is 19.9 Å². The molecule has 0 amide bonds. The van der Waals surface area contributed by atoms with Crippen LogP contribution in [0, 0.1) is 13.8 Å². The van der Waals surface area contributed by atoms with E-state index < -0.39 is 10.0 Å². The maximum atomic E-state index is 12.3. The maximum Gasteiger partial charge on any atom is 0.240 e. The summed E-state index contributed by atoms with van der Waals surface area (Å²) in [7, 11) is -3.64. The Morgan fingerprint density at radius 3 is 2.71 bits per heavy atom. The summed E-state index contributed by atoms with van der Waals surface area (Å²) in [5.74, 6) is 0. The van der Waals surface area contributed by atoms with Gasteiger partial charge in [-0.05, 0) is 31.5 Å². The van der Waals surface area contributed by atoms with Crippen LogP contribution in [0.2, 0.25) is 5.02 Å². The zero-order chi connectivity index (χ0) is 15.6. The number of hydrogen-bond acceptors (Lipinski definition) is 5. The van der Waals surface area contributed by atoms with Crippen molar-refractivity contribution >= 4 is 38.6 Å². The van der Waals surface area contributed by atoms with Crippen LogP contribution in [0.15, 0.2) is 22.4 Å². The molecule has 1 heterocycles. The van der Waals surface area contributed by atoms with Gasteiger partial charge in [0.2, 0.25) is 10.0 Å². The van der Waals surface area contributed by atoms with Gasteiger partial charge in [-0.25, -0.2) is 18.1 Å². The molecule has 114 valence electrons. The molecule has 0 unspecified atom stereocenters. The number of hydrogen-bond donors (Lipinski definition) is 2. The molecule has 0 aliphatic carbocycles. The van der Waals surface area contributed by atoms with Crippen molar-refractivity contribution in [1.29, 1.82) is 0 Å². The molecule has 0 radical (unpaired) electrons. The Hall–Kier alpha value is -1.15. The van der Waals surface area contributed by atoms with E-state index in [1.165, 1.54) is 12.1 Å². The van der Waals surface area contributed by atoms with Crippen molar-refractivity contribution in [3.8, 4) is 0 Å². The van der Waals surface area contributed by atoms with Crippen LogP contribution in [0.3, 0.4) is 0 Å². The van der Waals surface area contributed by atoms with Gasteiger partial charge in [0.1, 0.15) is 0 Å². The molecule has 2 rings (SSSR count). The molecule has 0 aliphatic heterocycles. The number of aromatic nitrogens is 1. The molecule has 21 heavy (non-hydrogen) atoms. The monoisotopic (exact) mass is 345 g/mol. The van der Waals surface area contributed by atoms with Gasteiger partial charge in [-0.15, -0.1) is 11.3 Å². The number of anilines is 1. The average Bonchev–Trinajstić information content (AvgIpc) is 2.79. The van der Waals surface area contributed by atoms with Crippen LogP contribution < -0.4 is 10.5 Å². The van der Waals surface area contributed by atoms with Crippen molar-refractivity contribution in [3.05, 3.63) is 38.8 Å². The van der Waals surface area contributed by atoms with E-state index in [1.54, 1.807) is 18.3 Å². The molecule has 2 aromatic rings. The van der Waals surface area contributed by atoms with E-state index in [4.69, 9.17) is 17.3 Å². The number of nitrogen functional groups attached to an aromatic ring is 1. The minimum Gasteiger partial charge on any atom is -0.398 e. The van der Waals surface area contributed by atoms with Gasteiger partial charge >= 0.3 is 0 Å². The lowest BCUT2D eigenvalue weighted by molar-refractivity contribution is 0.581. The van der Waals surface area contributed by atoms with Crippen molar-refractivity contribution in [1.82, 2.24) is 9.71 Å². The first-order valence-corrected chi connectivity index (χ1v) is 9.00. The Morgan fingerprint density at radius 2 is 2.10 bits per heavy atom. The third kappa shape index (κ3) is 3.94. The van der Waals surface area contributed by atoms with Gasteiger partial charge in [0.25, 0.3) is 0 Å². The molecule has 8 heteroatoms. The number of benzene rings is 1. The average molecular weight is 346 g/mol. The highest BCUT2D eigenvalue weighted by Crippen LogP contribution is 2.25. The molecular weight excluding hydrogens is 330 g/mol. The highest BCUT2D eigenvalue weighted by atomic mass is 35.5. The third-order valence-corrected chi connectivity index (χ3v) is 5.62. The van der Waals surface area contributed by atoms with E-state index in [-0.39, 0.29) is 11.4 Å². The number of sulfonamides is 1. The van der Waals surface area contributed by atoms with E-state index in [1.807, 2.05) is 12.3 Å². The quantitative estimate of drug-likeness (QED) is 0.815. The lowest BCUT2D eigenvalue weighted by Gasteiger charge is -2.11. The molecular formula is C13H16ClN3O2S2. The fourth-order valence-corrected chi connectivity index (χ4v) is 4.14. The van der Waals surface area contributed by atoms with E-state index in [0.29, 0.717) is 22.7 Å². The SMILES string of the molecule is Cc1nc(CCNS(=O)(=O)c2cc(Cl)cc(N)c2C)cs1. The number of nitrogens with zero attached hydrogens (tertiary/aromatic N) is 1. The summed E-state index contributed by atoms with van der Waals surface area (Å²) in [6.07, 6.45) is 0.540. The van der Waals surface area contributed by atoms with Gasteiger partial charge in [0.05, 0.1) is 15.6 Å². The van der Waals surface area contributed by atoms with Crippen molar-refractivity contribution in [3.63, 3.8) is 0 Å². The van der Waals surface area contributed by atoms with Crippen LogP contribution >= 0.6 is 22.9 Å². The summed E-state index contributed by atoms with van der Waals surface area (Å²) >= 11 is 7.42. The standard InChI is InChI=1S/C13H16ClN3O2S2/c1-8-12(15)5-10(14)6-13(8)21(18,19)16-4-3-11-7-20-9(2)17-11/h5-7,16H,3-4,15H2,1-2H3. The zero-order valence-corrected chi connectivity index (χ0v) is 14.1. The maximum absolute atomic E-state index is 12.3. The number of nitrogens with two attached hydrogens (primary N) is 1. The molecule has 0 saturated heterocycles. The molecule has 0 saturated carbocycles. The fraction of sp³-hybridized carbons (Fsp3) is 0.308. The van der Waals surface area contributed by atoms with E-state index in [0.717, 1.165) is 10.7 Å². The first-order chi connectivity index (χ1) is 9.79. The van der Waals surface area contributed by atoms with Gasteiger partial charge in [0.15, 0.2) is 0 Å². The minimum absolute atomic E-state index is 0.113. The second kappa shape index (κ2) is 6.31. The molecule has 0 aliphatic rings. The van der Waals surface area contributed by atoms with E-state index >= 15 is 0 Å². The Labute approximate surface area is 133 Å². The van der Waals surface area contributed by atoms with Crippen LogP contribution in [-0.2, 0) is 16.4 Å². The molecule has 0 atom stereocenters. The highest BCUT2D eigenvalue weighted by Gasteiger charge is 2.18. The summed E-state index contributed by atoms with van der Waals surface area (Å²) in [6, 6.07) is 2.94. The Balaban J connectivity index is 2.12. The van der Waals surface area contributed by atoms with E-state index in [2.05, 4.69) is 9.71 Å². The summed E-state index contributed by atoms with van der Waals surface area (Å²) in [6.45, 7) is 3.85. The molecule has 5 nitrogen and oxygen atoms in total. The number of aryl methyl sites for hydroxylation is 1. The van der Waals surface area contributed by atoms with Gasteiger partial charge in [-0.3, -0.25) is 0 Å². The van der Waals surface area contributed by atoms with Crippen LogP contribution in [0.25, 0.3) is 0 Å². The molecule has 0 spiro atoms. The van der Waals surface area contributed by atoms with Crippen LogP contribution in [0.1, 0.15) is 16.3 Å². The Bertz CT molecular complexity index is 757. The smallest absolute Gasteiger partial charge is 0.240 e. The molecule has 1 aromatic heterocycles. The molecule has 0 bridgehead atoms. The van der Waals surface area contributed by atoms with Crippen molar-refractivity contribution in [2.24, 2.45) is 0 Å². The summed E-state index contributed by atoms with van der Waals surface area (Å²) in [5.41, 5.74) is 7.49. The van der Waals surface area contributed by atoms with Gasteiger partial charge < -0.3 is 5.73 Å². The van der Waals surface area contributed by atoms with Gasteiger partial charge in [-0.2, -0.15) is 0 Å². The zero-order valence-electron chi connectivity index (χ0n) is 11.7. The summed E-state index contributed by atoms with van der Waals surface area (Å²) in [4.78, 5) is 4.40. The van der Waals surface area contributed by atoms with Crippen molar-refractivity contribution in [2.75, 3.05) is 12.3 Å². The number of nitrogens with one attached hydrogen (secondary N) is 1. The minimum atomic E-state index is -3.64. The topological polar surface area (TPSA) is 85.1 Å². The fourth-order valence-electron chi connectivity index (χ4n) is 1.87. The lowest BCUT2D eigenvalue weighted by atomic mass is 10.2. The molecule has 3 N–H and O–H groups in total. The third-order valence-electron chi connectivity index (χ3n) is 2.99.